The lowest BCUT2D eigenvalue weighted by Crippen LogP contribution is -2.01. The molecular weight excluding hydrogens is 296 g/mol. The van der Waals surface area contributed by atoms with Crippen molar-refractivity contribution in [3.63, 3.8) is 0 Å². The molecule has 2 rings (SSSR count). The number of hydrogen-bond acceptors (Lipinski definition) is 4. The van der Waals surface area contributed by atoms with Gasteiger partial charge in [-0.3, -0.25) is 0 Å². The van der Waals surface area contributed by atoms with E-state index in [0.717, 1.165) is 12.0 Å². The van der Waals surface area contributed by atoms with Gasteiger partial charge >= 0.3 is 0 Å². The standard InChI is InChI=1S/C15H17ClO3S/c1-17-13-9-15(19-3)14(18-2)8-11(13)12(16)7-10-5-4-6-20-10/h4-6,8-9,12H,7H2,1-3H3. The molecule has 0 saturated heterocycles. The van der Waals surface area contributed by atoms with Crippen LogP contribution >= 0.6 is 22.9 Å². The van der Waals surface area contributed by atoms with Gasteiger partial charge in [0.05, 0.1) is 26.7 Å². The van der Waals surface area contributed by atoms with E-state index >= 15 is 0 Å². The summed E-state index contributed by atoms with van der Waals surface area (Å²) < 4.78 is 16.0. The number of benzene rings is 1. The van der Waals surface area contributed by atoms with Gasteiger partial charge in [-0.05, 0) is 17.5 Å². The summed E-state index contributed by atoms with van der Waals surface area (Å²) in [4.78, 5) is 1.24. The van der Waals surface area contributed by atoms with Crippen LogP contribution in [0.4, 0.5) is 0 Å². The first-order valence-corrected chi connectivity index (χ1v) is 7.47. The summed E-state index contributed by atoms with van der Waals surface area (Å²) in [5, 5.41) is 1.87. The number of halogens is 1. The van der Waals surface area contributed by atoms with Crippen LogP contribution in [0, 0.1) is 0 Å². The Bertz CT molecular complexity index is 554. The van der Waals surface area contributed by atoms with E-state index in [1.54, 1.807) is 38.7 Å². The van der Waals surface area contributed by atoms with Crippen molar-refractivity contribution in [3.8, 4) is 17.2 Å². The maximum absolute atomic E-state index is 6.54. The molecule has 1 aromatic heterocycles. The van der Waals surface area contributed by atoms with Crippen LogP contribution in [0.25, 0.3) is 0 Å². The van der Waals surface area contributed by atoms with Gasteiger partial charge in [-0.25, -0.2) is 0 Å². The van der Waals surface area contributed by atoms with Gasteiger partial charge in [0, 0.05) is 22.9 Å². The lowest BCUT2D eigenvalue weighted by molar-refractivity contribution is 0.347. The lowest BCUT2D eigenvalue weighted by Gasteiger charge is -2.17. The van der Waals surface area contributed by atoms with Gasteiger partial charge in [0.1, 0.15) is 5.75 Å². The van der Waals surface area contributed by atoms with Crippen LogP contribution in [-0.2, 0) is 6.42 Å². The van der Waals surface area contributed by atoms with Gasteiger partial charge in [-0.1, -0.05) is 6.07 Å². The van der Waals surface area contributed by atoms with Crippen LogP contribution in [0.5, 0.6) is 17.2 Å². The van der Waals surface area contributed by atoms with Crippen LogP contribution in [0.3, 0.4) is 0 Å². The molecule has 108 valence electrons. The minimum atomic E-state index is -0.177. The molecule has 3 nitrogen and oxygen atoms in total. The van der Waals surface area contributed by atoms with Crippen LogP contribution in [0.2, 0.25) is 0 Å². The first kappa shape index (κ1) is 15.0. The molecule has 20 heavy (non-hydrogen) atoms. The van der Waals surface area contributed by atoms with E-state index in [-0.39, 0.29) is 5.38 Å². The van der Waals surface area contributed by atoms with Crippen LogP contribution in [0.1, 0.15) is 15.8 Å². The average Bonchev–Trinajstić information content (AvgIpc) is 2.98. The van der Waals surface area contributed by atoms with E-state index in [2.05, 4.69) is 6.07 Å². The highest BCUT2D eigenvalue weighted by atomic mass is 35.5. The Labute approximate surface area is 128 Å². The predicted molar refractivity (Wildman–Crippen MR) is 82.7 cm³/mol. The smallest absolute Gasteiger partial charge is 0.164 e. The number of ether oxygens (including phenoxy) is 3. The lowest BCUT2D eigenvalue weighted by atomic mass is 10.1. The Morgan fingerprint density at radius 1 is 1.05 bits per heavy atom. The molecule has 0 spiro atoms. The van der Waals surface area contributed by atoms with Crippen molar-refractivity contribution in [2.45, 2.75) is 11.8 Å². The molecule has 0 saturated carbocycles. The average molecular weight is 313 g/mol. The molecule has 0 bridgehead atoms. The summed E-state index contributed by atoms with van der Waals surface area (Å²) >= 11 is 8.23. The van der Waals surface area contributed by atoms with Crippen molar-refractivity contribution < 1.29 is 14.2 Å². The number of thiophene rings is 1. The minimum absolute atomic E-state index is 0.177. The molecule has 1 aromatic carbocycles. The summed E-state index contributed by atoms with van der Waals surface area (Å²) in [6, 6.07) is 7.78. The van der Waals surface area contributed by atoms with E-state index in [1.807, 2.05) is 17.5 Å². The molecule has 2 aromatic rings. The zero-order chi connectivity index (χ0) is 14.5. The monoisotopic (exact) mass is 312 g/mol. The Morgan fingerprint density at radius 3 is 2.25 bits per heavy atom. The Kier molecular flexibility index (Phi) is 5.15. The largest absolute Gasteiger partial charge is 0.496 e. The second-order valence-electron chi connectivity index (χ2n) is 4.20. The molecule has 0 amide bonds. The van der Waals surface area contributed by atoms with Gasteiger partial charge in [-0.15, -0.1) is 22.9 Å². The normalized spacial score (nSPS) is 12.0. The topological polar surface area (TPSA) is 27.7 Å². The molecule has 0 N–H and O–H groups in total. The fourth-order valence-corrected chi connectivity index (χ4v) is 3.19. The molecule has 1 unspecified atom stereocenters. The number of alkyl halides is 1. The van der Waals surface area contributed by atoms with Crippen molar-refractivity contribution in [2.24, 2.45) is 0 Å². The third-order valence-electron chi connectivity index (χ3n) is 3.03. The van der Waals surface area contributed by atoms with Crippen molar-refractivity contribution in [3.05, 3.63) is 40.1 Å². The van der Waals surface area contributed by atoms with E-state index in [0.29, 0.717) is 17.2 Å². The molecule has 0 fully saturated rings. The van der Waals surface area contributed by atoms with E-state index in [9.17, 15) is 0 Å². The molecular formula is C15H17ClO3S. The van der Waals surface area contributed by atoms with Crippen molar-refractivity contribution in [1.82, 2.24) is 0 Å². The number of rotatable bonds is 6. The Balaban J connectivity index is 2.33. The fourth-order valence-electron chi connectivity index (χ4n) is 2.01. The highest BCUT2D eigenvalue weighted by Crippen LogP contribution is 2.40. The molecule has 0 aliphatic rings. The molecule has 0 aliphatic carbocycles. The van der Waals surface area contributed by atoms with Crippen molar-refractivity contribution in [2.75, 3.05) is 21.3 Å². The molecule has 0 radical (unpaired) electrons. The second-order valence-corrected chi connectivity index (χ2v) is 5.76. The minimum Gasteiger partial charge on any atom is -0.496 e. The highest BCUT2D eigenvalue weighted by molar-refractivity contribution is 7.09. The van der Waals surface area contributed by atoms with E-state index in [4.69, 9.17) is 25.8 Å². The quantitative estimate of drug-likeness (QED) is 0.744. The van der Waals surface area contributed by atoms with E-state index in [1.165, 1.54) is 4.88 Å². The molecule has 1 heterocycles. The second kappa shape index (κ2) is 6.86. The van der Waals surface area contributed by atoms with Gasteiger partial charge in [0.25, 0.3) is 0 Å². The third-order valence-corrected chi connectivity index (χ3v) is 4.32. The van der Waals surface area contributed by atoms with E-state index < -0.39 is 0 Å². The fraction of sp³-hybridized carbons (Fsp3) is 0.333. The first-order valence-electron chi connectivity index (χ1n) is 6.16. The Morgan fingerprint density at radius 2 is 1.70 bits per heavy atom. The van der Waals surface area contributed by atoms with Gasteiger partial charge in [-0.2, -0.15) is 0 Å². The maximum atomic E-state index is 6.54. The number of hydrogen-bond donors (Lipinski definition) is 0. The third kappa shape index (κ3) is 3.19. The van der Waals surface area contributed by atoms with Gasteiger partial charge < -0.3 is 14.2 Å². The number of methoxy groups -OCH3 is 3. The summed E-state index contributed by atoms with van der Waals surface area (Å²) in [5.41, 5.74) is 0.903. The van der Waals surface area contributed by atoms with Crippen LogP contribution in [0.15, 0.2) is 29.6 Å². The van der Waals surface area contributed by atoms with Gasteiger partial charge in [0.2, 0.25) is 0 Å². The maximum Gasteiger partial charge on any atom is 0.164 e. The summed E-state index contributed by atoms with van der Waals surface area (Å²) in [5.74, 6) is 1.99. The molecule has 0 aliphatic heterocycles. The van der Waals surface area contributed by atoms with Crippen molar-refractivity contribution >= 4 is 22.9 Å². The van der Waals surface area contributed by atoms with Crippen LogP contribution in [-0.4, -0.2) is 21.3 Å². The summed E-state index contributed by atoms with van der Waals surface area (Å²) in [6.45, 7) is 0. The zero-order valence-electron chi connectivity index (χ0n) is 11.7. The SMILES string of the molecule is COc1cc(OC)c(C(Cl)Cc2cccs2)cc1OC. The van der Waals surface area contributed by atoms with Crippen LogP contribution < -0.4 is 14.2 Å². The molecule has 1 atom stereocenters. The Hall–Kier alpha value is -1.39. The highest BCUT2D eigenvalue weighted by Gasteiger charge is 2.19. The predicted octanol–water partition coefficient (Wildman–Crippen LogP) is 4.30. The van der Waals surface area contributed by atoms with Crippen molar-refractivity contribution in [1.29, 1.82) is 0 Å². The summed E-state index contributed by atoms with van der Waals surface area (Å²) in [6.07, 6.45) is 0.755. The zero-order valence-corrected chi connectivity index (χ0v) is 13.3. The van der Waals surface area contributed by atoms with Gasteiger partial charge in [0.15, 0.2) is 11.5 Å². The summed E-state index contributed by atoms with van der Waals surface area (Å²) in [7, 11) is 4.83. The first-order chi connectivity index (χ1) is 9.69. The molecule has 5 heteroatoms.